The van der Waals surface area contributed by atoms with Gasteiger partial charge in [0.15, 0.2) is 5.96 Å². The van der Waals surface area contributed by atoms with Gasteiger partial charge in [-0.1, -0.05) is 18.2 Å². The molecule has 1 aromatic carbocycles. The van der Waals surface area contributed by atoms with Crippen LogP contribution < -0.4 is 11.1 Å². The van der Waals surface area contributed by atoms with Crippen molar-refractivity contribution in [2.75, 3.05) is 27.2 Å². The Morgan fingerprint density at radius 2 is 1.91 bits per heavy atom. The summed E-state index contributed by atoms with van der Waals surface area (Å²) in [6.45, 7) is 6.26. The van der Waals surface area contributed by atoms with E-state index >= 15 is 0 Å². The molecule has 0 bridgehead atoms. The minimum atomic E-state index is -0.586. The Morgan fingerprint density at radius 1 is 1.36 bits per heavy atom. The van der Waals surface area contributed by atoms with Gasteiger partial charge >= 0.3 is 0 Å². The molecule has 3 N–H and O–H groups in total. The summed E-state index contributed by atoms with van der Waals surface area (Å²) < 4.78 is 27.7. The average molecular weight is 424 g/mol. The van der Waals surface area contributed by atoms with Crippen molar-refractivity contribution in [2.24, 2.45) is 10.7 Å². The Kier molecular flexibility index (Phi) is 9.19. The number of nitrogens with one attached hydrogen (secondary N) is 1. The molecule has 0 aliphatic heterocycles. The normalized spacial score (nSPS) is 12.7. The van der Waals surface area contributed by atoms with Gasteiger partial charge in [0.1, 0.15) is 11.6 Å². The summed E-state index contributed by atoms with van der Waals surface area (Å²) in [6.07, 6.45) is 0. The van der Waals surface area contributed by atoms with Gasteiger partial charge < -0.3 is 16.0 Å². The number of hydrogen-bond acceptors (Lipinski definition) is 2. The topological polar surface area (TPSA) is 53.6 Å². The first-order valence-electron chi connectivity index (χ1n) is 6.61. The largest absolute Gasteiger partial charge is 0.370 e. The van der Waals surface area contributed by atoms with E-state index in [9.17, 15) is 8.78 Å². The standard InChI is InChI=1S/C15H22F2N4.HI/c1-10(2)8-19-15(18)20-9-13(21(3)4)14-11(16)6-5-7-12(14)17;/h5-7,13H,1,8-9H2,2-4H3,(H3,18,19,20);1H. The number of nitrogens with zero attached hydrogens (tertiary/aromatic N) is 2. The second-order valence-corrected chi connectivity index (χ2v) is 5.15. The van der Waals surface area contributed by atoms with Crippen molar-refractivity contribution >= 4 is 29.9 Å². The molecule has 0 saturated carbocycles. The van der Waals surface area contributed by atoms with Crippen molar-refractivity contribution in [2.45, 2.75) is 13.0 Å². The molecule has 1 atom stereocenters. The van der Waals surface area contributed by atoms with Crippen molar-refractivity contribution in [3.05, 3.63) is 47.5 Å². The Labute approximate surface area is 147 Å². The van der Waals surface area contributed by atoms with Gasteiger partial charge in [0.05, 0.1) is 12.6 Å². The van der Waals surface area contributed by atoms with Gasteiger partial charge in [-0.15, -0.1) is 24.0 Å². The summed E-state index contributed by atoms with van der Waals surface area (Å²) in [4.78, 5) is 5.85. The summed E-state index contributed by atoms with van der Waals surface area (Å²) in [5.74, 6) is -0.948. The van der Waals surface area contributed by atoms with Crippen LogP contribution in [-0.2, 0) is 0 Å². The zero-order chi connectivity index (χ0) is 16.0. The number of nitrogens with two attached hydrogens (primary N) is 1. The highest BCUT2D eigenvalue weighted by Gasteiger charge is 2.21. The monoisotopic (exact) mass is 424 g/mol. The quantitative estimate of drug-likeness (QED) is 0.320. The van der Waals surface area contributed by atoms with E-state index in [1.807, 2.05) is 6.92 Å². The molecule has 0 aromatic heterocycles. The van der Waals surface area contributed by atoms with Crippen molar-refractivity contribution in [1.82, 2.24) is 10.2 Å². The Bertz CT molecular complexity index is 512. The van der Waals surface area contributed by atoms with Crippen molar-refractivity contribution in [3.63, 3.8) is 0 Å². The zero-order valence-electron chi connectivity index (χ0n) is 13.1. The predicted octanol–water partition coefficient (Wildman–Crippen LogP) is 2.67. The lowest BCUT2D eigenvalue weighted by molar-refractivity contribution is 0.290. The van der Waals surface area contributed by atoms with Gasteiger partial charge in [-0.25, -0.2) is 8.78 Å². The first-order chi connectivity index (χ1) is 9.82. The Hall–Kier alpha value is -1.22. The molecule has 0 saturated heterocycles. The second-order valence-electron chi connectivity index (χ2n) is 5.15. The molecule has 7 heteroatoms. The molecule has 1 aromatic rings. The van der Waals surface area contributed by atoms with Gasteiger partial charge in [-0.3, -0.25) is 4.99 Å². The second kappa shape index (κ2) is 9.73. The number of benzene rings is 1. The Morgan fingerprint density at radius 3 is 2.36 bits per heavy atom. The molecule has 1 rings (SSSR count). The number of rotatable bonds is 6. The van der Waals surface area contributed by atoms with Crippen LogP contribution in [0.25, 0.3) is 0 Å². The highest BCUT2D eigenvalue weighted by Crippen LogP contribution is 2.24. The van der Waals surface area contributed by atoms with E-state index < -0.39 is 17.7 Å². The molecule has 0 spiro atoms. The van der Waals surface area contributed by atoms with Crippen LogP contribution in [0.1, 0.15) is 18.5 Å². The van der Waals surface area contributed by atoms with E-state index in [1.165, 1.54) is 18.2 Å². The summed E-state index contributed by atoms with van der Waals surface area (Å²) in [5.41, 5.74) is 6.63. The van der Waals surface area contributed by atoms with Crippen LogP contribution in [0.15, 0.2) is 35.3 Å². The predicted molar refractivity (Wildman–Crippen MR) is 97.5 cm³/mol. The lowest BCUT2D eigenvalue weighted by Crippen LogP contribution is -2.34. The van der Waals surface area contributed by atoms with Crippen LogP contribution in [-0.4, -0.2) is 38.0 Å². The highest BCUT2D eigenvalue weighted by molar-refractivity contribution is 14.0. The smallest absolute Gasteiger partial charge is 0.188 e. The number of halogens is 3. The van der Waals surface area contributed by atoms with Crippen molar-refractivity contribution in [3.8, 4) is 0 Å². The fraction of sp³-hybridized carbons (Fsp3) is 0.400. The van der Waals surface area contributed by atoms with Gasteiger partial charge in [0.25, 0.3) is 0 Å². The fourth-order valence-corrected chi connectivity index (χ4v) is 1.82. The molecule has 0 fully saturated rings. The maximum absolute atomic E-state index is 13.9. The van der Waals surface area contributed by atoms with Crippen LogP contribution in [0.4, 0.5) is 8.78 Å². The Balaban J connectivity index is 0.00000441. The average Bonchev–Trinajstić information content (AvgIpc) is 2.39. The van der Waals surface area contributed by atoms with E-state index in [2.05, 4.69) is 16.9 Å². The third kappa shape index (κ3) is 6.27. The molecule has 0 heterocycles. The molecular weight excluding hydrogens is 401 g/mol. The summed E-state index contributed by atoms with van der Waals surface area (Å²) in [7, 11) is 3.48. The number of guanidine groups is 1. The molecule has 4 nitrogen and oxygen atoms in total. The first-order valence-corrected chi connectivity index (χ1v) is 6.61. The number of likely N-dealkylation sites (N-methyl/N-ethyl adjacent to an activating group) is 1. The first kappa shape index (κ1) is 20.8. The fourth-order valence-electron chi connectivity index (χ4n) is 1.82. The minimum absolute atomic E-state index is 0. The number of aliphatic imine (C=N–C) groups is 1. The molecular formula is C15H23F2IN4. The molecule has 0 amide bonds. The molecule has 1 unspecified atom stereocenters. The maximum Gasteiger partial charge on any atom is 0.188 e. The maximum atomic E-state index is 13.9. The molecule has 124 valence electrons. The van der Waals surface area contributed by atoms with E-state index in [1.54, 1.807) is 19.0 Å². The third-order valence-corrected chi connectivity index (χ3v) is 2.96. The van der Waals surface area contributed by atoms with E-state index in [4.69, 9.17) is 5.73 Å². The van der Waals surface area contributed by atoms with E-state index in [0.29, 0.717) is 6.54 Å². The SMILES string of the molecule is C=C(C)CNC(N)=NCC(c1c(F)cccc1F)N(C)C.I. The van der Waals surface area contributed by atoms with Crippen LogP contribution in [0.2, 0.25) is 0 Å². The summed E-state index contributed by atoms with van der Waals surface area (Å²) in [6, 6.07) is 3.28. The number of hydrogen-bond donors (Lipinski definition) is 2. The summed E-state index contributed by atoms with van der Waals surface area (Å²) in [5, 5.41) is 2.88. The van der Waals surface area contributed by atoms with Crippen LogP contribution in [0.3, 0.4) is 0 Å². The van der Waals surface area contributed by atoms with Crippen LogP contribution in [0.5, 0.6) is 0 Å². The third-order valence-electron chi connectivity index (χ3n) is 2.96. The van der Waals surface area contributed by atoms with E-state index in [0.717, 1.165) is 5.57 Å². The zero-order valence-corrected chi connectivity index (χ0v) is 15.4. The molecule has 0 aliphatic carbocycles. The van der Waals surface area contributed by atoms with Crippen LogP contribution in [0, 0.1) is 11.6 Å². The lowest BCUT2D eigenvalue weighted by Gasteiger charge is -2.24. The van der Waals surface area contributed by atoms with Gasteiger partial charge in [0, 0.05) is 12.1 Å². The molecule has 22 heavy (non-hydrogen) atoms. The summed E-state index contributed by atoms with van der Waals surface area (Å²) >= 11 is 0. The van der Waals surface area contributed by atoms with E-state index in [-0.39, 0.29) is 42.0 Å². The van der Waals surface area contributed by atoms with Gasteiger partial charge in [0.2, 0.25) is 0 Å². The van der Waals surface area contributed by atoms with Gasteiger partial charge in [-0.05, 0) is 33.2 Å². The van der Waals surface area contributed by atoms with Gasteiger partial charge in [-0.2, -0.15) is 0 Å². The van der Waals surface area contributed by atoms with Crippen molar-refractivity contribution in [1.29, 1.82) is 0 Å². The molecule has 0 radical (unpaired) electrons. The molecule has 0 aliphatic rings. The van der Waals surface area contributed by atoms with Crippen LogP contribution >= 0.6 is 24.0 Å². The van der Waals surface area contributed by atoms with Crippen molar-refractivity contribution < 1.29 is 8.78 Å². The minimum Gasteiger partial charge on any atom is -0.370 e. The highest BCUT2D eigenvalue weighted by atomic mass is 127. The lowest BCUT2D eigenvalue weighted by atomic mass is 10.0.